The predicted octanol–water partition coefficient (Wildman–Crippen LogP) is 2.70. The largest absolute Gasteiger partial charge is 0.335 e. The van der Waals surface area contributed by atoms with Crippen molar-refractivity contribution in [3.05, 3.63) is 54.1 Å². The molecular formula is C17H14N2O2S. The van der Waals surface area contributed by atoms with Crippen LogP contribution in [0.25, 0.3) is 0 Å². The Labute approximate surface area is 132 Å². The Hall–Kier alpha value is -2.27. The van der Waals surface area contributed by atoms with Gasteiger partial charge in [-0.3, -0.25) is 14.5 Å². The van der Waals surface area contributed by atoms with Gasteiger partial charge in [-0.05, 0) is 23.8 Å². The fourth-order valence-electron chi connectivity index (χ4n) is 3.06. The van der Waals surface area contributed by atoms with Crippen LogP contribution in [-0.4, -0.2) is 30.3 Å². The van der Waals surface area contributed by atoms with Gasteiger partial charge in [-0.1, -0.05) is 42.1 Å². The molecule has 2 heterocycles. The SMILES string of the molecule is CN1CC2c3ccccc3Sc3ccccc3N2C(=O)C1=O. The van der Waals surface area contributed by atoms with Gasteiger partial charge in [0.25, 0.3) is 0 Å². The third kappa shape index (κ3) is 1.85. The minimum Gasteiger partial charge on any atom is -0.335 e. The van der Waals surface area contributed by atoms with Crippen LogP contribution in [0.4, 0.5) is 5.69 Å². The molecule has 2 amide bonds. The number of amides is 2. The van der Waals surface area contributed by atoms with Crippen molar-refractivity contribution in [2.45, 2.75) is 15.8 Å². The van der Waals surface area contributed by atoms with E-state index < -0.39 is 11.8 Å². The Bertz CT molecular complexity index is 790. The van der Waals surface area contributed by atoms with E-state index in [0.29, 0.717) is 6.54 Å². The number of hydrogen-bond acceptors (Lipinski definition) is 3. The van der Waals surface area contributed by atoms with Crippen molar-refractivity contribution in [2.75, 3.05) is 18.5 Å². The minimum absolute atomic E-state index is 0.137. The molecule has 1 saturated heterocycles. The van der Waals surface area contributed by atoms with E-state index >= 15 is 0 Å². The summed E-state index contributed by atoms with van der Waals surface area (Å²) in [6.45, 7) is 0.510. The van der Waals surface area contributed by atoms with E-state index in [-0.39, 0.29) is 6.04 Å². The summed E-state index contributed by atoms with van der Waals surface area (Å²) in [5, 5.41) is 0. The van der Waals surface area contributed by atoms with Crippen molar-refractivity contribution in [1.82, 2.24) is 4.90 Å². The second-order valence-corrected chi connectivity index (χ2v) is 6.57. The lowest BCUT2D eigenvalue weighted by Gasteiger charge is -2.38. The fraction of sp³-hybridized carbons (Fsp3) is 0.176. The second-order valence-electron chi connectivity index (χ2n) is 5.48. The van der Waals surface area contributed by atoms with Gasteiger partial charge < -0.3 is 4.90 Å². The highest BCUT2D eigenvalue weighted by Gasteiger charge is 2.42. The van der Waals surface area contributed by atoms with E-state index in [4.69, 9.17) is 0 Å². The van der Waals surface area contributed by atoms with E-state index in [1.54, 1.807) is 23.7 Å². The third-order valence-corrected chi connectivity index (χ3v) is 5.29. The molecule has 0 saturated carbocycles. The average molecular weight is 310 g/mol. The van der Waals surface area contributed by atoms with Crippen LogP contribution in [-0.2, 0) is 9.59 Å². The van der Waals surface area contributed by atoms with Crippen LogP contribution < -0.4 is 4.90 Å². The molecule has 5 heteroatoms. The van der Waals surface area contributed by atoms with E-state index in [9.17, 15) is 9.59 Å². The van der Waals surface area contributed by atoms with Crippen molar-refractivity contribution in [1.29, 1.82) is 0 Å². The molecule has 2 aromatic carbocycles. The smallest absolute Gasteiger partial charge is 0.317 e. The standard InChI is InChI=1S/C17H14N2O2S/c1-18-10-13-11-6-2-4-8-14(11)22-15-9-5-3-7-12(15)19(13)17(21)16(18)20/h2-9,13H,10H2,1H3. The lowest BCUT2D eigenvalue weighted by Crippen LogP contribution is -2.54. The van der Waals surface area contributed by atoms with Gasteiger partial charge in [0.15, 0.2) is 0 Å². The molecule has 4 nitrogen and oxygen atoms in total. The highest BCUT2D eigenvalue weighted by Crippen LogP contribution is 2.46. The highest BCUT2D eigenvalue weighted by molar-refractivity contribution is 7.99. The van der Waals surface area contributed by atoms with Crippen molar-refractivity contribution >= 4 is 29.3 Å². The molecule has 0 aliphatic carbocycles. The van der Waals surface area contributed by atoms with Gasteiger partial charge in [-0.15, -0.1) is 0 Å². The molecule has 1 atom stereocenters. The summed E-state index contributed by atoms with van der Waals surface area (Å²) in [5.74, 6) is -0.904. The molecule has 1 fully saturated rings. The molecule has 0 bridgehead atoms. The van der Waals surface area contributed by atoms with Gasteiger partial charge in [0.2, 0.25) is 0 Å². The average Bonchev–Trinajstić information content (AvgIpc) is 2.67. The molecule has 2 aliphatic rings. The number of carbonyl (C=O) groups excluding carboxylic acids is 2. The maximum Gasteiger partial charge on any atom is 0.317 e. The van der Waals surface area contributed by atoms with Crippen molar-refractivity contribution in [3.8, 4) is 0 Å². The maximum atomic E-state index is 12.6. The molecule has 110 valence electrons. The Morgan fingerprint density at radius 3 is 2.45 bits per heavy atom. The van der Waals surface area contributed by atoms with Gasteiger partial charge in [-0.2, -0.15) is 0 Å². The lowest BCUT2D eigenvalue weighted by atomic mass is 10.0. The number of rotatable bonds is 0. The fourth-order valence-corrected chi connectivity index (χ4v) is 4.18. The van der Waals surface area contributed by atoms with Gasteiger partial charge in [0, 0.05) is 23.4 Å². The Balaban J connectivity index is 1.97. The molecule has 0 radical (unpaired) electrons. The molecule has 2 aliphatic heterocycles. The Morgan fingerprint density at radius 1 is 0.955 bits per heavy atom. The third-order valence-electron chi connectivity index (χ3n) is 4.13. The zero-order chi connectivity index (χ0) is 15.3. The highest BCUT2D eigenvalue weighted by atomic mass is 32.2. The van der Waals surface area contributed by atoms with E-state index in [0.717, 1.165) is 21.0 Å². The first-order chi connectivity index (χ1) is 10.7. The first kappa shape index (κ1) is 13.4. The summed E-state index contributed by atoms with van der Waals surface area (Å²) >= 11 is 1.65. The number of carbonyl (C=O) groups is 2. The molecular weight excluding hydrogens is 296 g/mol. The maximum absolute atomic E-state index is 12.6. The zero-order valence-corrected chi connectivity index (χ0v) is 12.8. The van der Waals surface area contributed by atoms with Gasteiger partial charge in [0.05, 0.1) is 11.7 Å². The summed E-state index contributed by atoms with van der Waals surface area (Å²) in [7, 11) is 1.68. The van der Waals surface area contributed by atoms with Crippen LogP contribution in [0.15, 0.2) is 58.3 Å². The summed E-state index contributed by atoms with van der Waals surface area (Å²) in [5.41, 5.74) is 1.91. The minimum atomic E-state index is -0.455. The topological polar surface area (TPSA) is 40.6 Å². The normalized spacial score (nSPS) is 20.1. The number of anilines is 1. The van der Waals surface area contributed by atoms with Gasteiger partial charge >= 0.3 is 11.8 Å². The van der Waals surface area contributed by atoms with Crippen molar-refractivity contribution in [2.24, 2.45) is 0 Å². The summed E-state index contributed by atoms with van der Waals surface area (Å²) in [6.07, 6.45) is 0. The van der Waals surface area contributed by atoms with Crippen LogP contribution in [0.3, 0.4) is 0 Å². The zero-order valence-electron chi connectivity index (χ0n) is 12.0. The molecule has 0 aromatic heterocycles. The number of nitrogens with zero attached hydrogens (tertiary/aromatic N) is 2. The summed E-state index contributed by atoms with van der Waals surface area (Å²) in [4.78, 5) is 30.1. The van der Waals surface area contributed by atoms with Crippen molar-refractivity contribution in [3.63, 3.8) is 0 Å². The van der Waals surface area contributed by atoms with E-state index in [1.165, 1.54) is 4.90 Å². The van der Waals surface area contributed by atoms with Crippen LogP contribution in [0, 0.1) is 0 Å². The Morgan fingerprint density at radius 2 is 1.64 bits per heavy atom. The monoisotopic (exact) mass is 310 g/mol. The van der Waals surface area contributed by atoms with Crippen LogP contribution >= 0.6 is 11.8 Å². The quantitative estimate of drug-likeness (QED) is 0.703. The first-order valence-corrected chi connectivity index (χ1v) is 7.93. The number of benzene rings is 2. The number of fused-ring (bicyclic) bond motifs is 5. The molecule has 1 unspecified atom stereocenters. The van der Waals surface area contributed by atoms with Crippen LogP contribution in [0.5, 0.6) is 0 Å². The second kappa shape index (κ2) is 4.88. The van der Waals surface area contributed by atoms with Gasteiger partial charge in [0.1, 0.15) is 0 Å². The van der Waals surface area contributed by atoms with Crippen LogP contribution in [0.1, 0.15) is 11.6 Å². The molecule has 2 aromatic rings. The summed E-state index contributed by atoms with van der Waals surface area (Å²) < 4.78 is 0. The number of hydrogen-bond donors (Lipinski definition) is 0. The first-order valence-electron chi connectivity index (χ1n) is 7.11. The molecule has 4 rings (SSSR count). The number of para-hydroxylation sites is 1. The van der Waals surface area contributed by atoms with Crippen molar-refractivity contribution < 1.29 is 9.59 Å². The van der Waals surface area contributed by atoms with E-state index in [2.05, 4.69) is 6.07 Å². The lowest BCUT2D eigenvalue weighted by molar-refractivity contribution is -0.146. The predicted molar refractivity (Wildman–Crippen MR) is 84.9 cm³/mol. The molecule has 0 spiro atoms. The van der Waals surface area contributed by atoms with Gasteiger partial charge in [-0.25, -0.2) is 0 Å². The molecule has 22 heavy (non-hydrogen) atoms. The molecule has 0 N–H and O–H groups in total. The Kier molecular flexibility index (Phi) is 2.97. The number of piperazine rings is 1. The summed E-state index contributed by atoms with van der Waals surface area (Å²) in [6, 6.07) is 15.7. The van der Waals surface area contributed by atoms with Crippen LogP contribution in [0.2, 0.25) is 0 Å². The number of likely N-dealkylation sites (N-methyl/N-ethyl adjacent to an activating group) is 1. The van der Waals surface area contributed by atoms with E-state index in [1.807, 2.05) is 42.5 Å².